The fraction of sp³-hybridized carbons (Fsp3) is 0.222. The summed E-state index contributed by atoms with van der Waals surface area (Å²) in [5.41, 5.74) is 9.47. The molecule has 186 valence electrons. The Kier molecular flexibility index (Phi) is 7.56. The summed E-state index contributed by atoms with van der Waals surface area (Å²) in [4.78, 5) is 37.0. The lowest BCUT2D eigenvalue weighted by atomic mass is 10.0. The van der Waals surface area contributed by atoms with E-state index in [-0.39, 0.29) is 12.5 Å². The second-order valence-electron chi connectivity index (χ2n) is 8.81. The third kappa shape index (κ3) is 6.02. The Hall–Kier alpha value is -3.89. The standard InChI is InChI=1S/C27H29N5O4/c1-17-24(25(34)27(28,36)32-17)31-26(35)21-9-7-19(8-10-21)20-11-13-22(14-12-20)30-23(33)16-29-15-18-5-3-2-4-6-18/h2-14,17,24,29,32,36H,15-16,28H2,1H3,(H,30,33)(H,31,35)/t17?,24-,27?/m0/s1. The summed E-state index contributed by atoms with van der Waals surface area (Å²) in [6.07, 6.45) is 0. The van der Waals surface area contributed by atoms with Crippen LogP contribution in [0.25, 0.3) is 11.1 Å². The zero-order chi connectivity index (χ0) is 25.7. The number of amides is 2. The highest BCUT2D eigenvalue weighted by Gasteiger charge is 2.48. The summed E-state index contributed by atoms with van der Waals surface area (Å²) < 4.78 is 0. The number of benzene rings is 3. The van der Waals surface area contributed by atoms with Gasteiger partial charge in [0.15, 0.2) is 0 Å². The maximum absolute atomic E-state index is 12.6. The number of nitrogens with one attached hydrogen (secondary N) is 4. The van der Waals surface area contributed by atoms with E-state index in [4.69, 9.17) is 5.73 Å². The summed E-state index contributed by atoms with van der Waals surface area (Å²) in [5, 5.41) is 21.0. The topological polar surface area (TPSA) is 146 Å². The first kappa shape index (κ1) is 25.2. The molecule has 1 saturated heterocycles. The van der Waals surface area contributed by atoms with Gasteiger partial charge >= 0.3 is 0 Å². The van der Waals surface area contributed by atoms with Crippen molar-refractivity contribution in [1.29, 1.82) is 0 Å². The molecule has 1 aliphatic heterocycles. The van der Waals surface area contributed by atoms with Gasteiger partial charge in [-0.2, -0.15) is 0 Å². The molecule has 0 bridgehead atoms. The molecule has 1 aliphatic rings. The van der Waals surface area contributed by atoms with E-state index in [0.717, 1.165) is 16.7 Å². The molecular formula is C27H29N5O4. The Bertz CT molecular complexity index is 1230. The number of ketones is 1. The van der Waals surface area contributed by atoms with Crippen LogP contribution in [0.1, 0.15) is 22.8 Å². The molecule has 3 aromatic carbocycles. The van der Waals surface area contributed by atoms with Crippen LogP contribution in [0.2, 0.25) is 0 Å². The van der Waals surface area contributed by atoms with E-state index in [1.165, 1.54) is 0 Å². The lowest BCUT2D eigenvalue weighted by molar-refractivity contribution is -0.135. The van der Waals surface area contributed by atoms with Gasteiger partial charge in [0.05, 0.1) is 6.54 Å². The van der Waals surface area contributed by atoms with Crippen molar-refractivity contribution in [2.24, 2.45) is 5.73 Å². The van der Waals surface area contributed by atoms with Crippen LogP contribution in [0, 0.1) is 0 Å². The van der Waals surface area contributed by atoms with Crippen LogP contribution in [0.5, 0.6) is 0 Å². The summed E-state index contributed by atoms with van der Waals surface area (Å²) >= 11 is 0. The Morgan fingerprint density at radius 2 is 1.58 bits per heavy atom. The van der Waals surface area contributed by atoms with Gasteiger partial charge in [0, 0.05) is 23.8 Å². The lowest BCUT2D eigenvalue weighted by Crippen LogP contribution is -2.55. The van der Waals surface area contributed by atoms with Gasteiger partial charge in [0.25, 0.3) is 5.91 Å². The molecule has 0 saturated carbocycles. The maximum Gasteiger partial charge on any atom is 0.251 e. The predicted octanol–water partition coefficient (Wildman–Crippen LogP) is 1.35. The summed E-state index contributed by atoms with van der Waals surface area (Å²) in [6.45, 7) is 2.47. The van der Waals surface area contributed by atoms with Gasteiger partial charge in [-0.1, -0.05) is 54.6 Å². The molecule has 1 fully saturated rings. The van der Waals surface area contributed by atoms with E-state index in [2.05, 4.69) is 21.3 Å². The SMILES string of the molecule is CC1NC(N)(O)C(=O)[C@H]1NC(=O)c1ccc(-c2ccc(NC(=O)CNCc3ccccc3)cc2)cc1. The third-order valence-electron chi connectivity index (χ3n) is 6.00. The van der Waals surface area contributed by atoms with Crippen molar-refractivity contribution in [1.82, 2.24) is 16.0 Å². The monoisotopic (exact) mass is 487 g/mol. The zero-order valence-corrected chi connectivity index (χ0v) is 19.8. The smallest absolute Gasteiger partial charge is 0.251 e. The molecule has 2 unspecified atom stereocenters. The fourth-order valence-electron chi connectivity index (χ4n) is 4.06. The number of hydrogen-bond acceptors (Lipinski definition) is 7. The number of nitrogens with two attached hydrogens (primary N) is 1. The molecule has 4 rings (SSSR count). The third-order valence-corrected chi connectivity index (χ3v) is 6.00. The molecule has 0 aliphatic carbocycles. The fourth-order valence-corrected chi connectivity index (χ4v) is 4.06. The van der Waals surface area contributed by atoms with Gasteiger partial charge in [0.2, 0.25) is 17.5 Å². The molecule has 0 radical (unpaired) electrons. The predicted molar refractivity (Wildman–Crippen MR) is 137 cm³/mol. The minimum atomic E-state index is -2.15. The summed E-state index contributed by atoms with van der Waals surface area (Å²) in [5.74, 6) is -3.40. The van der Waals surface area contributed by atoms with Crippen molar-refractivity contribution in [3.63, 3.8) is 0 Å². The van der Waals surface area contributed by atoms with Gasteiger partial charge in [0.1, 0.15) is 6.04 Å². The van der Waals surface area contributed by atoms with E-state index < -0.39 is 29.6 Å². The molecular weight excluding hydrogens is 458 g/mol. The number of aliphatic hydroxyl groups is 1. The molecule has 1 heterocycles. The van der Waals surface area contributed by atoms with Crippen molar-refractivity contribution in [3.8, 4) is 11.1 Å². The van der Waals surface area contributed by atoms with Gasteiger partial charge < -0.3 is 21.1 Å². The molecule has 36 heavy (non-hydrogen) atoms. The quantitative estimate of drug-likeness (QED) is 0.263. The Labute approximate surface area is 209 Å². The first-order valence-electron chi connectivity index (χ1n) is 11.6. The van der Waals surface area contributed by atoms with Crippen molar-refractivity contribution >= 4 is 23.3 Å². The minimum Gasteiger partial charge on any atom is -0.357 e. The van der Waals surface area contributed by atoms with Crippen LogP contribution >= 0.6 is 0 Å². The van der Waals surface area contributed by atoms with Gasteiger partial charge in [-0.25, -0.2) is 0 Å². The molecule has 3 aromatic rings. The first-order chi connectivity index (χ1) is 17.2. The molecule has 0 spiro atoms. The first-order valence-corrected chi connectivity index (χ1v) is 11.6. The number of hydrogen-bond donors (Lipinski definition) is 6. The van der Waals surface area contributed by atoms with E-state index in [0.29, 0.717) is 17.8 Å². The van der Waals surface area contributed by atoms with Gasteiger partial charge in [-0.15, -0.1) is 0 Å². The van der Waals surface area contributed by atoms with Crippen LogP contribution < -0.4 is 27.0 Å². The molecule has 9 heteroatoms. The minimum absolute atomic E-state index is 0.132. The Balaban J connectivity index is 1.29. The van der Waals surface area contributed by atoms with Crippen molar-refractivity contribution < 1.29 is 19.5 Å². The molecule has 3 atom stereocenters. The normalized spacial score (nSPS) is 21.2. The van der Waals surface area contributed by atoms with Crippen molar-refractivity contribution in [2.75, 3.05) is 11.9 Å². The van der Waals surface area contributed by atoms with Crippen LogP contribution in [0.4, 0.5) is 5.69 Å². The van der Waals surface area contributed by atoms with Crippen LogP contribution in [-0.4, -0.2) is 47.2 Å². The summed E-state index contributed by atoms with van der Waals surface area (Å²) in [7, 11) is 0. The largest absolute Gasteiger partial charge is 0.357 e. The van der Waals surface area contributed by atoms with E-state index in [9.17, 15) is 19.5 Å². The van der Waals surface area contributed by atoms with Crippen LogP contribution in [0.15, 0.2) is 78.9 Å². The second kappa shape index (κ2) is 10.8. The number of carbonyl (C=O) groups excluding carboxylic acids is 3. The van der Waals surface area contributed by atoms with Crippen molar-refractivity contribution in [2.45, 2.75) is 31.4 Å². The number of Topliss-reactive ketones (excluding diaryl/α,β-unsaturated/α-hetero) is 1. The highest BCUT2D eigenvalue weighted by molar-refractivity contribution is 6.01. The van der Waals surface area contributed by atoms with Gasteiger partial charge in [-0.05, 0) is 47.9 Å². The highest BCUT2D eigenvalue weighted by Crippen LogP contribution is 2.22. The number of rotatable bonds is 8. The average Bonchev–Trinajstić information content (AvgIpc) is 3.06. The van der Waals surface area contributed by atoms with Crippen LogP contribution in [0.3, 0.4) is 0 Å². The van der Waals surface area contributed by atoms with E-state index >= 15 is 0 Å². The molecule has 9 nitrogen and oxygen atoms in total. The maximum atomic E-state index is 12.6. The molecule has 0 aromatic heterocycles. The molecule has 7 N–H and O–H groups in total. The molecule has 2 amide bonds. The lowest BCUT2D eigenvalue weighted by Gasteiger charge is -2.15. The van der Waals surface area contributed by atoms with Gasteiger partial charge in [-0.3, -0.25) is 25.4 Å². The summed E-state index contributed by atoms with van der Waals surface area (Å²) in [6, 6.07) is 22.7. The van der Waals surface area contributed by atoms with E-state index in [1.807, 2.05) is 54.6 Å². The van der Waals surface area contributed by atoms with E-state index in [1.54, 1.807) is 31.2 Å². The zero-order valence-electron chi connectivity index (χ0n) is 19.8. The second-order valence-corrected chi connectivity index (χ2v) is 8.81. The Morgan fingerprint density at radius 1 is 0.972 bits per heavy atom. The number of carbonyl (C=O) groups is 3. The van der Waals surface area contributed by atoms with Crippen molar-refractivity contribution in [3.05, 3.63) is 90.0 Å². The Morgan fingerprint density at radius 3 is 2.17 bits per heavy atom. The number of anilines is 1. The van der Waals surface area contributed by atoms with Crippen LogP contribution in [-0.2, 0) is 16.1 Å². The average molecular weight is 488 g/mol. The highest BCUT2D eigenvalue weighted by atomic mass is 16.3.